The van der Waals surface area contributed by atoms with Crippen molar-refractivity contribution in [1.29, 1.82) is 0 Å². The molecule has 0 radical (unpaired) electrons. The highest BCUT2D eigenvalue weighted by Gasteiger charge is 2.11. The predicted octanol–water partition coefficient (Wildman–Crippen LogP) is 3.95. The topological polar surface area (TPSA) is 28.7 Å². The average Bonchev–Trinajstić information content (AvgIpc) is 2.57. The van der Waals surface area contributed by atoms with Crippen molar-refractivity contribution in [3.05, 3.63) is 46.8 Å². The van der Waals surface area contributed by atoms with Crippen LogP contribution in [0.1, 0.15) is 28.1 Å². The first-order chi connectivity index (χ1) is 8.02. The van der Waals surface area contributed by atoms with Crippen LogP contribution in [0.25, 0.3) is 17.5 Å². The molecule has 0 aliphatic heterocycles. The lowest BCUT2D eigenvalue weighted by Crippen LogP contribution is -1.91. The number of nitrogens with zero attached hydrogens (tertiary/aromatic N) is 1. The van der Waals surface area contributed by atoms with Gasteiger partial charge in [-0.1, -0.05) is 24.8 Å². The normalized spacial score (nSPS) is 10.6. The lowest BCUT2D eigenvalue weighted by Gasteiger charge is -2.08. The van der Waals surface area contributed by atoms with E-state index in [4.69, 9.17) is 0 Å². The van der Waals surface area contributed by atoms with Crippen molar-refractivity contribution < 1.29 is 0 Å². The van der Waals surface area contributed by atoms with Gasteiger partial charge in [0.15, 0.2) is 0 Å². The Morgan fingerprint density at radius 3 is 2.12 bits per heavy atom. The number of rotatable bonds is 2. The fourth-order valence-electron chi connectivity index (χ4n) is 2.15. The van der Waals surface area contributed by atoms with Gasteiger partial charge in [-0.05, 0) is 44.4 Å². The van der Waals surface area contributed by atoms with Gasteiger partial charge in [-0.25, -0.2) is 4.98 Å². The monoisotopic (exact) mass is 226 g/mol. The summed E-state index contributed by atoms with van der Waals surface area (Å²) in [7, 11) is 0. The number of aromatic nitrogens is 2. The first kappa shape index (κ1) is 11.6. The van der Waals surface area contributed by atoms with Crippen LogP contribution in [0.4, 0.5) is 0 Å². The second-order valence-electron chi connectivity index (χ2n) is 4.53. The molecule has 2 aromatic rings. The Morgan fingerprint density at radius 1 is 1.12 bits per heavy atom. The van der Waals surface area contributed by atoms with Crippen molar-refractivity contribution in [1.82, 2.24) is 9.97 Å². The Balaban J connectivity index is 2.63. The Morgan fingerprint density at radius 2 is 1.71 bits per heavy atom. The van der Waals surface area contributed by atoms with Gasteiger partial charge in [-0.15, -0.1) is 0 Å². The summed E-state index contributed by atoms with van der Waals surface area (Å²) in [5.41, 5.74) is 7.01. The maximum Gasteiger partial charge on any atom is 0.138 e. The summed E-state index contributed by atoms with van der Waals surface area (Å²) >= 11 is 0. The largest absolute Gasteiger partial charge is 0.342 e. The van der Waals surface area contributed by atoms with Gasteiger partial charge >= 0.3 is 0 Å². The molecule has 0 saturated carbocycles. The summed E-state index contributed by atoms with van der Waals surface area (Å²) in [4.78, 5) is 7.92. The summed E-state index contributed by atoms with van der Waals surface area (Å²) in [6.07, 6.45) is 1.88. The van der Waals surface area contributed by atoms with E-state index in [9.17, 15) is 0 Å². The fraction of sp³-hybridized carbons (Fsp3) is 0.267. The van der Waals surface area contributed by atoms with Gasteiger partial charge in [-0.3, -0.25) is 0 Å². The van der Waals surface area contributed by atoms with Crippen LogP contribution in [-0.4, -0.2) is 9.97 Å². The van der Waals surface area contributed by atoms with E-state index < -0.39 is 0 Å². The van der Waals surface area contributed by atoms with Crippen LogP contribution in [0.2, 0.25) is 0 Å². The molecule has 1 heterocycles. The quantitative estimate of drug-likeness (QED) is 0.825. The van der Waals surface area contributed by atoms with E-state index in [2.05, 4.69) is 49.5 Å². The van der Waals surface area contributed by atoms with E-state index >= 15 is 0 Å². The van der Waals surface area contributed by atoms with Crippen molar-refractivity contribution in [2.45, 2.75) is 27.7 Å². The van der Waals surface area contributed by atoms with Gasteiger partial charge in [0.1, 0.15) is 5.82 Å². The molecule has 1 aromatic carbocycles. The maximum absolute atomic E-state index is 4.58. The van der Waals surface area contributed by atoms with Crippen molar-refractivity contribution in [2.75, 3.05) is 0 Å². The molecular formula is C15H18N2. The Kier molecular flexibility index (Phi) is 2.88. The molecule has 0 amide bonds. The number of aryl methyl sites for hydroxylation is 4. The van der Waals surface area contributed by atoms with E-state index in [0.717, 1.165) is 22.8 Å². The zero-order chi connectivity index (χ0) is 12.6. The van der Waals surface area contributed by atoms with Crippen LogP contribution >= 0.6 is 0 Å². The highest BCUT2D eigenvalue weighted by molar-refractivity contribution is 5.68. The number of H-pyrrole nitrogens is 1. The third-order valence-electron chi connectivity index (χ3n) is 3.16. The molecule has 2 nitrogen and oxygen atoms in total. The number of imidazole rings is 1. The molecule has 0 aliphatic rings. The summed E-state index contributed by atoms with van der Waals surface area (Å²) in [6, 6.07) is 4.28. The Labute approximate surface area is 102 Å². The lowest BCUT2D eigenvalue weighted by atomic mass is 9.99. The zero-order valence-electron chi connectivity index (χ0n) is 10.9. The summed E-state index contributed by atoms with van der Waals surface area (Å²) < 4.78 is 0. The van der Waals surface area contributed by atoms with Crippen LogP contribution in [0.5, 0.6) is 0 Å². The highest BCUT2D eigenvalue weighted by Crippen LogP contribution is 2.27. The van der Waals surface area contributed by atoms with Gasteiger partial charge in [0.2, 0.25) is 0 Å². The van der Waals surface area contributed by atoms with Crippen molar-refractivity contribution >= 4 is 6.08 Å². The maximum atomic E-state index is 4.58. The molecule has 0 spiro atoms. The van der Waals surface area contributed by atoms with E-state index in [0.29, 0.717) is 0 Å². The molecule has 88 valence electrons. The molecule has 2 rings (SSSR count). The van der Waals surface area contributed by atoms with Gasteiger partial charge in [0.05, 0.1) is 5.69 Å². The third kappa shape index (κ3) is 2.03. The van der Waals surface area contributed by atoms with E-state index in [1.165, 1.54) is 16.7 Å². The van der Waals surface area contributed by atoms with Crippen LogP contribution in [0.15, 0.2) is 18.7 Å². The Bertz CT molecular complexity index is 534. The second-order valence-corrected chi connectivity index (χ2v) is 4.53. The second kappa shape index (κ2) is 4.21. The average molecular weight is 226 g/mol. The number of nitrogens with one attached hydrogen (secondary N) is 1. The van der Waals surface area contributed by atoms with E-state index in [-0.39, 0.29) is 0 Å². The predicted molar refractivity (Wildman–Crippen MR) is 73.1 cm³/mol. The standard InChI is InChI=1S/C15H18N2/c1-6-13-7-9(2)14(10(3)8-13)15-16-11(4)12(5)17-15/h6-8H,1H2,2-5H3,(H,16,17). The Hall–Kier alpha value is -1.83. The first-order valence-electron chi connectivity index (χ1n) is 5.80. The van der Waals surface area contributed by atoms with Crippen molar-refractivity contribution in [2.24, 2.45) is 0 Å². The van der Waals surface area contributed by atoms with Crippen molar-refractivity contribution in [3.63, 3.8) is 0 Å². The zero-order valence-corrected chi connectivity index (χ0v) is 10.9. The SMILES string of the molecule is C=Cc1cc(C)c(-c2nc(C)c(C)[nH]2)c(C)c1. The number of hydrogen-bond donors (Lipinski definition) is 1. The minimum atomic E-state index is 0.964. The number of aromatic amines is 1. The van der Waals surface area contributed by atoms with Gasteiger partial charge in [-0.2, -0.15) is 0 Å². The molecule has 0 fully saturated rings. The number of hydrogen-bond acceptors (Lipinski definition) is 1. The molecule has 0 unspecified atom stereocenters. The minimum absolute atomic E-state index is 0.964. The van der Waals surface area contributed by atoms with Gasteiger partial charge in [0, 0.05) is 11.3 Å². The number of benzene rings is 1. The van der Waals surface area contributed by atoms with Crippen LogP contribution in [0, 0.1) is 27.7 Å². The molecular weight excluding hydrogens is 208 g/mol. The molecule has 0 saturated heterocycles. The first-order valence-corrected chi connectivity index (χ1v) is 5.80. The highest BCUT2D eigenvalue weighted by atomic mass is 14.9. The van der Waals surface area contributed by atoms with Gasteiger partial charge < -0.3 is 4.98 Å². The van der Waals surface area contributed by atoms with Crippen molar-refractivity contribution in [3.8, 4) is 11.4 Å². The van der Waals surface area contributed by atoms with E-state index in [1.54, 1.807) is 0 Å². The molecule has 0 bridgehead atoms. The smallest absolute Gasteiger partial charge is 0.138 e. The third-order valence-corrected chi connectivity index (χ3v) is 3.16. The van der Waals surface area contributed by atoms with Crippen LogP contribution in [0.3, 0.4) is 0 Å². The molecule has 2 heteroatoms. The van der Waals surface area contributed by atoms with E-state index in [1.807, 2.05) is 13.0 Å². The molecule has 0 atom stereocenters. The van der Waals surface area contributed by atoms with Crippen LogP contribution < -0.4 is 0 Å². The molecule has 17 heavy (non-hydrogen) atoms. The molecule has 1 N–H and O–H groups in total. The minimum Gasteiger partial charge on any atom is -0.342 e. The molecule has 1 aromatic heterocycles. The summed E-state index contributed by atoms with van der Waals surface area (Å²) in [5, 5.41) is 0. The van der Waals surface area contributed by atoms with Crippen LogP contribution in [-0.2, 0) is 0 Å². The summed E-state index contributed by atoms with van der Waals surface area (Å²) in [6.45, 7) is 12.1. The van der Waals surface area contributed by atoms with Gasteiger partial charge in [0.25, 0.3) is 0 Å². The molecule has 0 aliphatic carbocycles. The lowest BCUT2D eigenvalue weighted by molar-refractivity contribution is 1.22. The fourth-order valence-corrected chi connectivity index (χ4v) is 2.15. The summed E-state index contributed by atoms with van der Waals surface area (Å²) in [5.74, 6) is 0.964.